The molecule has 1 aromatic heterocycles. The van der Waals surface area contributed by atoms with Crippen molar-refractivity contribution in [2.24, 2.45) is 5.92 Å². The second-order valence-corrected chi connectivity index (χ2v) is 8.28. The molecule has 0 saturated carbocycles. The number of nitrogens with zero attached hydrogens (tertiary/aromatic N) is 2. The van der Waals surface area contributed by atoms with Gasteiger partial charge >= 0.3 is 6.18 Å². The Bertz CT molecular complexity index is 1030. The van der Waals surface area contributed by atoms with Gasteiger partial charge in [-0.05, 0) is 35.7 Å². The van der Waals surface area contributed by atoms with Gasteiger partial charge in [-0.2, -0.15) is 13.2 Å². The van der Waals surface area contributed by atoms with E-state index >= 15 is 0 Å². The second kappa shape index (κ2) is 9.26. The van der Waals surface area contributed by atoms with Crippen LogP contribution in [0.4, 0.5) is 30.4 Å². The van der Waals surface area contributed by atoms with Gasteiger partial charge in [0.05, 0.1) is 11.3 Å². The van der Waals surface area contributed by atoms with Gasteiger partial charge in [0.15, 0.2) is 6.73 Å². The van der Waals surface area contributed by atoms with Crippen LogP contribution in [0.1, 0.15) is 30.5 Å². The lowest BCUT2D eigenvalue weighted by atomic mass is 10.1. The van der Waals surface area contributed by atoms with Crippen LogP contribution >= 0.6 is 0 Å². The molecule has 1 aliphatic rings. The van der Waals surface area contributed by atoms with Crippen LogP contribution in [0.2, 0.25) is 0 Å². The number of rotatable bonds is 6. The molecule has 0 aliphatic carbocycles. The molecule has 1 N–H and O–H groups in total. The van der Waals surface area contributed by atoms with Crippen LogP contribution in [-0.2, 0) is 29.1 Å². The van der Waals surface area contributed by atoms with Crippen LogP contribution in [0.25, 0.3) is 0 Å². The third-order valence-corrected chi connectivity index (χ3v) is 5.25. The number of aromatic nitrogens is 1. The monoisotopic (exact) mass is 445 g/mol. The van der Waals surface area contributed by atoms with Gasteiger partial charge in [0.1, 0.15) is 12.4 Å². The summed E-state index contributed by atoms with van der Waals surface area (Å²) in [6.07, 6.45) is -2.34. The van der Waals surface area contributed by atoms with Gasteiger partial charge in [-0.3, -0.25) is 0 Å². The highest BCUT2D eigenvalue weighted by molar-refractivity contribution is 5.70. The molecule has 8 heteroatoms. The molecule has 1 aliphatic heterocycles. The lowest BCUT2D eigenvalue weighted by molar-refractivity contribution is -0.300. The highest BCUT2D eigenvalue weighted by atomic mass is 19.4. The summed E-state index contributed by atoms with van der Waals surface area (Å²) in [4.78, 5) is 12.9. The first-order valence-electron chi connectivity index (χ1n) is 10.5. The molecular weight excluding hydrogens is 419 g/mol. The Balaban J connectivity index is 1.71. The second-order valence-electron chi connectivity index (χ2n) is 8.28. The summed E-state index contributed by atoms with van der Waals surface area (Å²) in [5.74, 6) is 1.23. The van der Waals surface area contributed by atoms with E-state index in [-0.39, 0.29) is 6.61 Å². The van der Waals surface area contributed by atoms with E-state index in [9.17, 15) is 13.2 Å². The fourth-order valence-electron chi connectivity index (χ4n) is 3.79. The zero-order valence-corrected chi connectivity index (χ0v) is 18.0. The molecule has 0 atom stereocenters. The van der Waals surface area contributed by atoms with E-state index in [2.05, 4.69) is 24.1 Å². The van der Waals surface area contributed by atoms with Crippen molar-refractivity contribution >= 4 is 17.2 Å². The summed E-state index contributed by atoms with van der Waals surface area (Å²) in [7, 11) is 0. The maximum Gasteiger partial charge on any atom is 0.416 e. The lowest BCUT2D eigenvalue weighted by Crippen LogP contribution is -2.29. The number of benzene rings is 2. The Morgan fingerprint density at radius 2 is 1.72 bits per heavy atom. The van der Waals surface area contributed by atoms with Crippen LogP contribution in [0, 0.1) is 5.92 Å². The Morgan fingerprint density at radius 1 is 1.00 bits per heavy atom. The molecule has 0 bridgehead atoms. The van der Waals surface area contributed by atoms with Crippen molar-refractivity contribution < 1.29 is 22.9 Å². The normalized spacial score (nSPS) is 14.4. The number of hydrogen-bond acceptors (Lipinski definition) is 4. The van der Waals surface area contributed by atoms with E-state index in [1.165, 1.54) is 12.1 Å². The molecule has 0 unspecified atom stereocenters. The first-order valence-corrected chi connectivity index (χ1v) is 10.5. The number of para-hydroxylation sites is 1. The smallest absolute Gasteiger partial charge is 0.344 e. The van der Waals surface area contributed by atoms with Crippen LogP contribution in [-0.4, -0.2) is 17.8 Å². The number of alkyl halides is 3. The number of halogens is 3. The van der Waals surface area contributed by atoms with E-state index < -0.39 is 11.7 Å². The average Bonchev–Trinajstić information content (AvgIpc) is 2.95. The van der Waals surface area contributed by atoms with E-state index in [1.54, 1.807) is 0 Å². The molecule has 0 spiro atoms. The molecule has 5 nitrogen and oxygen atoms in total. The average molecular weight is 445 g/mol. The maximum absolute atomic E-state index is 12.9. The minimum absolute atomic E-state index is 0.263. The number of nitrogens with one attached hydrogen (secondary N) is 1. The van der Waals surface area contributed by atoms with Crippen molar-refractivity contribution in [1.29, 1.82) is 0 Å². The number of anilines is 3. The minimum atomic E-state index is -4.35. The van der Waals surface area contributed by atoms with Gasteiger partial charge in [0.25, 0.3) is 0 Å². The van der Waals surface area contributed by atoms with Gasteiger partial charge in [-0.15, -0.1) is 0 Å². The molecule has 2 heterocycles. The van der Waals surface area contributed by atoms with Crippen molar-refractivity contribution in [1.82, 2.24) is 4.57 Å². The van der Waals surface area contributed by atoms with Gasteiger partial charge in [0, 0.05) is 30.5 Å². The highest BCUT2D eigenvalue weighted by Gasteiger charge is 2.30. The van der Waals surface area contributed by atoms with Crippen LogP contribution in [0.15, 0.2) is 60.8 Å². The Morgan fingerprint density at radius 3 is 2.38 bits per heavy atom. The number of fused-ring (bicyclic) bond motifs is 1. The fourth-order valence-corrected chi connectivity index (χ4v) is 3.79. The lowest BCUT2D eigenvalue weighted by Gasteiger charge is -2.23. The standard InChI is InChI=1S/C24H26F3N3O2/c1-17(2)12-30-16-32-31-15-21-22(30)14-29(23(21)28-20-6-4-3-5-7-20)13-18-8-10-19(11-9-18)24(25,26)27/h3-11,14,17,28H,12-13,15-16H2,1-2H3. The predicted octanol–water partition coefficient (Wildman–Crippen LogP) is 6.18. The van der Waals surface area contributed by atoms with Crippen molar-refractivity contribution in [3.05, 3.63) is 77.5 Å². The summed E-state index contributed by atoms with van der Waals surface area (Å²) < 4.78 is 40.9. The first kappa shape index (κ1) is 22.2. The van der Waals surface area contributed by atoms with Crippen molar-refractivity contribution in [3.8, 4) is 0 Å². The van der Waals surface area contributed by atoms with E-state index in [1.807, 2.05) is 41.1 Å². The molecule has 4 rings (SSSR count). The van der Waals surface area contributed by atoms with Crippen LogP contribution < -0.4 is 10.2 Å². The molecule has 0 saturated heterocycles. The third kappa shape index (κ3) is 5.08. The van der Waals surface area contributed by atoms with Gasteiger partial charge < -0.3 is 14.8 Å². The topological polar surface area (TPSA) is 38.7 Å². The Hall–Kier alpha value is -2.97. The van der Waals surface area contributed by atoms with Crippen LogP contribution in [0.5, 0.6) is 0 Å². The molecule has 170 valence electrons. The van der Waals surface area contributed by atoms with Crippen molar-refractivity contribution in [2.75, 3.05) is 23.5 Å². The predicted molar refractivity (Wildman–Crippen MR) is 118 cm³/mol. The largest absolute Gasteiger partial charge is 0.416 e. The zero-order valence-electron chi connectivity index (χ0n) is 18.0. The molecular formula is C24H26F3N3O2. The van der Waals surface area contributed by atoms with Gasteiger partial charge in [-0.1, -0.05) is 44.2 Å². The Labute approximate surface area is 185 Å². The molecule has 2 aromatic carbocycles. The zero-order chi connectivity index (χ0) is 22.7. The quantitative estimate of drug-likeness (QED) is 0.460. The molecule has 3 aromatic rings. The van der Waals surface area contributed by atoms with E-state index in [0.29, 0.717) is 19.2 Å². The van der Waals surface area contributed by atoms with Crippen LogP contribution in [0.3, 0.4) is 0 Å². The maximum atomic E-state index is 12.9. The van der Waals surface area contributed by atoms with Crippen molar-refractivity contribution in [2.45, 2.75) is 33.2 Å². The molecule has 0 radical (unpaired) electrons. The van der Waals surface area contributed by atoms with Gasteiger partial charge in [0.2, 0.25) is 0 Å². The minimum Gasteiger partial charge on any atom is -0.344 e. The highest BCUT2D eigenvalue weighted by Crippen LogP contribution is 2.36. The summed E-state index contributed by atoms with van der Waals surface area (Å²) >= 11 is 0. The van der Waals surface area contributed by atoms with E-state index in [4.69, 9.17) is 9.78 Å². The van der Waals surface area contributed by atoms with Crippen molar-refractivity contribution in [3.63, 3.8) is 0 Å². The molecule has 0 fully saturated rings. The summed E-state index contributed by atoms with van der Waals surface area (Å²) in [6, 6.07) is 15.0. The van der Waals surface area contributed by atoms with Gasteiger partial charge in [-0.25, -0.2) is 9.78 Å². The first-order chi connectivity index (χ1) is 15.3. The number of hydrogen-bond donors (Lipinski definition) is 1. The van der Waals surface area contributed by atoms with E-state index in [0.717, 1.165) is 47.0 Å². The SMILES string of the molecule is CC(C)CN1COOCc2c1cn(Cc1ccc(C(F)(F)F)cc1)c2Nc1ccccc1. The Kier molecular flexibility index (Phi) is 6.43. The fraction of sp³-hybridized carbons (Fsp3) is 0.333. The summed E-state index contributed by atoms with van der Waals surface area (Å²) in [5, 5.41) is 3.46. The summed E-state index contributed by atoms with van der Waals surface area (Å²) in [6.45, 7) is 6.03. The third-order valence-electron chi connectivity index (χ3n) is 5.25. The molecule has 32 heavy (non-hydrogen) atoms. The molecule has 0 amide bonds. The summed E-state index contributed by atoms with van der Waals surface area (Å²) in [5.41, 5.74) is 2.95.